The number of thiol groups is 1. The van der Waals surface area contributed by atoms with E-state index in [-0.39, 0.29) is 70.8 Å². The van der Waals surface area contributed by atoms with Gasteiger partial charge in [-0.05, 0) is 49.1 Å². The first kappa shape index (κ1) is 36.0. The zero-order valence-corrected chi connectivity index (χ0v) is 27.5. The Morgan fingerprint density at radius 2 is 1.71 bits per heavy atom. The highest BCUT2D eigenvalue weighted by Gasteiger charge is 2.25. The molecule has 3 rings (SSSR count). The second kappa shape index (κ2) is 16.7. The van der Waals surface area contributed by atoms with Gasteiger partial charge in [-0.1, -0.05) is 67.1 Å². The van der Waals surface area contributed by atoms with Crippen LogP contribution < -0.4 is 10.0 Å². The first-order valence-electron chi connectivity index (χ1n) is 14.4. The van der Waals surface area contributed by atoms with E-state index in [0.717, 1.165) is 6.92 Å². The van der Waals surface area contributed by atoms with Crippen LogP contribution in [0.4, 0.5) is 4.39 Å². The van der Waals surface area contributed by atoms with Gasteiger partial charge in [-0.2, -0.15) is 12.6 Å². The van der Waals surface area contributed by atoms with Gasteiger partial charge in [-0.3, -0.25) is 14.4 Å². The summed E-state index contributed by atoms with van der Waals surface area (Å²) in [4.78, 5) is 38.8. The fourth-order valence-electron chi connectivity index (χ4n) is 4.50. The molecule has 0 aliphatic heterocycles. The average Bonchev–Trinajstić information content (AvgIpc) is 2.99. The molecule has 0 unspecified atom stereocenters. The van der Waals surface area contributed by atoms with Crippen LogP contribution in [0, 0.1) is 5.82 Å². The van der Waals surface area contributed by atoms with E-state index in [0.29, 0.717) is 29.5 Å². The zero-order valence-electron chi connectivity index (χ0n) is 25.0. The van der Waals surface area contributed by atoms with Crippen molar-refractivity contribution in [1.29, 1.82) is 0 Å². The van der Waals surface area contributed by atoms with E-state index in [1.807, 2.05) is 11.6 Å². The maximum Gasteiger partial charge on any atom is 0.264 e. The minimum absolute atomic E-state index is 0.0465. The third-order valence-corrected chi connectivity index (χ3v) is 8.94. The van der Waals surface area contributed by atoms with Crippen molar-refractivity contribution >= 4 is 52.0 Å². The molecular weight excluding hydrogens is 641 g/mol. The number of hydrogen-bond donors (Lipinski definition) is 4. The Kier molecular flexibility index (Phi) is 13.4. The van der Waals surface area contributed by atoms with Gasteiger partial charge in [-0.25, -0.2) is 17.5 Å². The summed E-state index contributed by atoms with van der Waals surface area (Å²) in [6, 6.07) is 17.4. The van der Waals surface area contributed by atoms with Crippen molar-refractivity contribution in [3.63, 3.8) is 0 Å². The van der Waals surface area contributed by atoms with E-state index in [2.05, 4.69) is 17.9 Å². The molecule has 0 heterocycles. The van der Waals surface area contributed by atoms with Crippen LogP contribution in [0.15, 0.2) is 71.6 Å². The first-order valence-corrected chi connectivity index (χ1v) is 16.8. The molecule has 45 heavy (non-hydrogen) atoms. The highest BCUT2D eigenvalue weighted by molar-refractivity contribution is 7.90. The van der Waals surface area contributed by atoms with Crippen molar-refractivity contribution in [3.05, 3.63) is 88.7 Å². The van der Waals surface area contributed by atoms with Crippen LogP contribution in [0.25, 0.3) is 11.1 Å². The summed E-state index contributed by atoms with van der Waals surface area (Å²) in [5.74, 6) is -1.80. The van der Waals surface area contributed by atoms with Gasteiger partial charge >= 0.3 is 0 Å². The van der Waals surface area contributed by atoms with Crippen molar-refractivity contribution in [2.45, 2.75) is 62.3 Å². The van der Waals surface area contributed by atoms with Crippen LogP contribution in [0.5, 0.6) is 0 Å². The molecule has 13 heteroatoms. The summed E-state index contributed by atoms with van der Waals surface area (Å²) in [6.07, 6.45) is -0.218. The summed E-state index contributed by atoms with van der Waals surface area (Å²) >= 11 is 11.1. The lowest BCUT2D eigenvalue weighted by atomic mass is 10.0. The molecule has 0 aliphatic carbocycles. The lowest BCUT2D eigenvalue weighted by Gasteiger charge is -2.23. The molecule has 3 amide bonds. The molecule has 0 saturated carbocycles. The van der Waals surface area contributed by atoms with Crippen LogP contribution in [0.1, 0.15) is 44.2 Å². The number of carbonyl (C=O) groups excluding carboxylic acids is 3. The molecule has 0 aliphatic rings. The van der Waals surface area contributed by atoms with Crippen LogP contribution in [0.3, 0.4) is 0 Å². The highest BCUT2D eigenvalue weighted by Crippen LogP contribution is 2.33. The number of aliphatic hydroxyl groups is 1. The number of halogens is 2. The number of sulfonamides is 1. The summed E-state index contributed by atoms with van der Waals surface area (Å²) in [5.41, 5.74) is 1.80. The fourth-order valence-corrected chi connectivity index (χ4v) is 6.37. The van der Waals surface area contributed by atoms with Gasteiger partial charge in [0.1, 0.15) is 11.9 Å². The molecule has 9 nitrogen and oxygen atoms in total. The summed E-state index contributed by atoms with van der Waals surface area (Å²) in [5, 5.41) is 12.2. The van der Waals surface area contributed by atoms with E-state index >= 15 is 0 Å². The summed E-state index contributed by atoms with van der Waals surface area (Å²) in [7, 11) is -4.32. The smallest absolute Gasteiger partial charge is 0.264 e. The Morgan fingerprint density at radius 1 is 1.02 bits per heavy atom. The van der Waals surface area contributed by atoms with Gasteiger partial charge in [0.25, 0.3) is 15.9 Å². The molecule has 3 aromatic carbocycles. The molecular formula is C32H37ClFN3O6S2. The standard InChI is InChI=1S/C32H37ClFN3O6S2/c1-3-8-31(40)37(16-15-30(39)35-19-24(44)18-23-9-4-6-11-28(23)34)20-22-13-14-25(27(33)17-22)26-10-5-7-12-29(26)45(42,43)36-32(41)21(2)38/h4-7,9-14,17,21,24,38,44H,3,8,15-16,18-20H2,1-2H3,(H,35,39)(H,36,41)/t21-,24-/m0/s1. The Bertz CT molecular complexity index is 1620. The maximum atomic E-state index is 13.9. The predicted octanol–water partition coefficient (Wildman–Crippen LogP) is 4.51. The number of rotatable bonds is 15. The summed E-state index contributed by atoms with van der Waals surface area (Å²) in [6.45, 7) is 3.58. The van der Waals surface area contributed by atoms with Gasteiger partial charge in [0.05, 0.1) is 4.90 Å². The Morgan fingerprint density at radius 3 is 2.38 bits per heavy atom. The van der Waals surface area contributed by atoms with Crippen molar-refractivity contribution in [2.24, 2.45) is 0 Å². The van der Waals surface area contributed by atoms with Gasteiger partial charge in [-0.15, -0.1) is 0 Å². The fraction of sp³-hybridized carbons (Fsp3) is 0.344. The molecule has 0 saturated heterocycles. The Labute approximate surface area is 273 Å². The maximum absolute atomic E-state index is 13.9. The number of benzene rings is 3. The van der Waals surface area contributed by atoms with E-state index in [9.17, 15) is 32.3 Å². The second-order valence-electron chi connectivity index (χ2n) is 10.5. The van der Waals surface area contributed by atoms with E-state index in [1.165, 1.54) is 18.2 Å². The minimum atomic E-state index is -4.32. The molecule has 0 aromatic heterocycles. The Hall–Kier alpha value is -3.45. The first-order chi connectivity index (χ1) is 21.3. The van der Waals surface area contributed by atoms with Gasteiger partial charge < -0.3 is 15.3 Å². The number of nitrogens with zero attached hydrogens (tertiary/aromatic N) is 1. The lowest BCUT2D eigenvalue weighted by Crippen LogP contribution is -2.37. The van der Waals surface area contributed by atoms with Crippen LogP contribution in [0.2, 0.25) is 5.02 Å². The van der Waals surface area contributed by atoms with Crippen molar-refractivity contribution < 1.29 is 32.3 Å². The molecule has 0 spiro atoms. The minimum Gasteiger partial charge on any atom is -0.384 e. The third kappa shape index (κ3) is 10.6. The molecule has 0 fully saturated rings. The highest BCUT2D eigenvalue weighted by atomic mass is 35.5. The molecule has 0 bridgehead atoms. The van der Waals surface area contributed by atoms with Crippen LogP contribution in [-0.4, -0.2) is 60.6 Å². The second-order valence-corrected chi connectivity index (χ2v) is 13.3. The average molecular weight is 678 g/mol. The molecule has 3 N–H and O–H groups in total. The van der Waals surface area contributed by atoms with Crippen LogP contribution in [-0.2, 0) is 37.4 Å². The largest absolute Gasteiger partial charge is 0.384 e. The monoisotopic (exact) mass is 677 g/mol. The van der Waals surface area contributed by atoms with E-state index in [4.69, 9.17) is 11.6 Å². The quantitative estimate of drug-likeness (QED) is 0.175. The van der Waals surface area contributed by atoms with Gasteiger partial charge in [0, 0.05) is 53.9 Å². The molecule has 2 atom stereocenters. The van der Waals surface area contributed by atoms with Crippen molar-refractivity contribution in [3.8, 4) is 11.1 Å². The zero-order chi connectivity index (χ0) is 33.1. The van der Waals surface area contributed by atoms with E-state index < -0.39 is 22.0 Å². The van der Waals surface area contributed by atoms with Crippen molar-refractivity contribution in [2.75, 3.05) is 13.1 Å². The lowest BCUT2D eigenvalue weighted by molar-refractivity contribution is -0.132. The van der Waals surface area contributed by atoms with Gasteiger partial charge in [0.15, 0.2) is 0 Å². The predicted molar refractivity (Wildman–Crippen MR) is 175 cm³/mol. The van der Waals surface area contributed by atoms with E-state index in [1.54, 1.807) is 53.4 Å². The molecule has 0 radical (unpaired) electrons. The Balaban J connectivity index is 1.69. The van der Waals surface area contributed by atoms with Crippen LogP contribution >= 0.6 is 24.2 Å². The molecule has 242 valence electrons. The number of nitrogens with one attached hydrogen (secondary N) is 2. The molecule has 3 aromatic rings. The number of hydrogen-bond acceptors (Lipinski definition) is 7. The van der Waals surface area contributed by atoms with Gasteiger partial charge in [0.2, 0.25) is 11.8 Å². The number of amides is 3. The summed E-state index contributed by atoms with van der Waals surface area (Å²) < 4.78 is 41.6. The van der Waals surface area contributed by atoms with Crippen molar-refractivity contribution in [1.82, 2.24) is 14.9 Å². The number of carbonyl (C=O) groups is 3. The number of aliphatic hydroxyl groups excluding tert-OH is 1. The normalized spacial score (nSPS) is 12.7. The topological polar surface area (TPSA) is 133 Å². The SMILES string of the molecule is CCCC(=O)N(CCC(=O)NC[C@@H](S)Cc1ccccc1F)Cc1ccc(-c2ccccc2S(=O)(=O)NC(=O)[C@H](C)O)c(Cl)c1. The third-order valence-electron chi connectivity index (χ3n) is 6.86.